The molecule has 0 radical (unpaired) electrons. The summed E-state index contributed by atoms with van der Waals surface area (Å²) in [4.78, 5) is 13.9. The number of methoxy groups -OCH3 is 1. The molecule has 6 rings (SSSR count). The predicted octanol–water partition coefficient (Wildman–Crippen LogP) is 6.02. The lowest BCUT2D eigenvalue weighted by Gasteiger charge is -2.41. The van der Waals surface area contributed by atoms with Crippen molar-refractivity contribution >= 4 is 38.6 Å². The second kappa shape index (κ2) is 8.28. The number of carbonyl (C=O) groups is 1. The zero-order valence-electron chi connectivity index (χ0n) is 19.6. The number of hydrogen-bond acceptors (Lipinski definition) is 5. The number of nitriles is 1. The lowest BCUT2D eigenvalue weighted by Crippen LogP contribution is -2.49. The Morgan fingerprint density at radius 3 is 2.44 bits per heavy atom. The zero-order chi connectivity index (χ0) is 25.0. The Morgan fingerprint density at radius 1 is 1.06 bits per heavy atom. The molecule has 0 amide bonds. The number of nitrogens with zero attached hydrogens (tertiary/aromatic N) is 2. The maximum atomic E-state index is 13.9. The second-order valence-corrected chi connectivity index (χ2v) is 9.79. The molecule has 2 aliphatic rings. The number of hydrogen-bond donors (Lipinski definition) is 0. The number of carbonyl (C=O) groups excluding carboxylic acids is 1. The van der Waals surface area contributed by atoms with Crippen molar-refractivity contribution in [3.63, 3.8) is 0 Å². The number of halogens is 1. The minimum atomic E-state index is -1.61. The van der Waals surface area contributed by atoms with E-state index in [9.17, 15) is 10.1 Å². The highest BCUT2D eigenvalue weighted by Gasteiger charge is 2.66. The van der Waals surface area contributed by atoms with E-state index in [1.165, 1.54) is 7.11 Å². The van der Waals surface area contributed by atoms with Gasteiger partial charge in [-0.05, 0) is 23.8 Å². The van der Waals surface area contributed by atoms with Gasteiger partial charge < -0.3 is 18.8 Å². The highest BCUT2D eigenvalue weighted by molar-refractivity contribution is 9.10. The van der Waals surface area contributed by atoms with E-state index in [2.05, 4.69) is 22.0 Å². The second-order valence-electron chi connectivity index (χ2n) is 8.87. The molecule has 0 N–H and O–H groups in total. The summed E-state index contributed by atoms with van der Waals surface area (Å²) in [5.41, 5.74) is 1.72. The SMILES string of the molecule is COC(=O)[C@@]12OC(c3ccc(Br)cc3)=C(C#N)[C@@H]1[C@@H](c1ccccc1)Oc1c2c2ccccc2n1C. The summed E-state index contributed by atoms with van der Waals surface area (Å²) in [5.74, 6) is -0.477. The number of esters is 1. The van der Waals surface area contributed by atoms with Crippen LogP contribution in [-0.4, -0.2) is 17.6 Å². The van der Waals surface area contributed by atoms with Gasteiger partial charge in [0.15, 0.2) is 0 Å². The van der Waals surface area contributed by atoms with E-state index in [0.29, 0.717) is 28.3 Å². The van der Waals surface area contributed by atoms with Crippen LogP contribution in [0.1, 0.15) is 22.8 Å². The summed E-state index contributed by atoms with van der Waals surface area (Å²) < 4.78 is 21.6. The first-order chi connectivity index (χ1) is 17.5. The molecule has 0 saturated carbocycles. The van der Waals surface area contributed by atoms with E-state index in [1.807, 2.05) is 90.5 Å². The summed E-state index contributed by atoms with van der Waals surface area (Å²) >= 11 is 3.46. The fraction of sp³-hybridized carbons (Fsp3) is 0.172. The van der Waals surface area contributed by atoms with Crippen molar-refractivity contribution in [3.8, 4) is 11.9 Å². The smallest absolute Gasteiger partial charge is 0.356 e. The molecule has 36 heavy (non-hydrogen) atoms. The van der Waals surface area contributed by atoms with Gasteiger partial charge in [-0.15, -0.1) is 0 Å². The number of benzene rings is 3. The molecule has 4 aromatic rings. The molecule has 3 aromatic carbocycles. The molecular formula is C29H21BrN2O4. The van der Waals surface area contributed by atoms with E-state index in [-0.39, 0.29) is 0 Å². The number of aryl methyl sites for hydroxylation is 1. The van der Waals surface area contributed by atoms with Crippen LogP contribution < -0.4 is 4.74 Å². The van der Waals surface area contributed by atoms with Crippen molar-refractivity contribution in [1.82, 2.24) is 4.57 Å². The largest absolute Gasteiger partial charge is 0.469 e. The third-order valence-electron chi connectivity index (χ3n) is 7.07. The van der Waals surface area contributed by atoms with Gasteiger partial charge in [-0.2, -0.15) is 5.26 Å². The highest BCUT2D eigenvalue weighted by Crippen LogP contribution is 2.62. The van der Waals surface area contributed by atoms with Crippen molar-refractivity contribution in [2.45, 2.75) is 11.7 Å². The highest BCUT2D eigenvalue weighted by atomic mass is 79.9. The van der Waals surface area contributed by atoms with Gasteiger partial charge in [0.25, 0.3) is 0 Å². The Labute approximate surface area is 216 Å². The molecular weight excluding hydrogens is 520 g/mol. The maximum Gasteiger partial charge on any atom is 0.356 e. The monoisotopic (exact) mass is 540 g/mol. The Bertz CT molecular complexity index is 1580. The normalized spacial score (nSPS) is 22.3. The van der Waals surface area contributed by atoms with Gasteiger partial charge in [0.2, 0.25) is 11.5 Å². The van der Waals surface area contributed by atoms with Gasteiger partial charge >= 0.3 is 5.97 Å². The van der Waals surface area contributed by atoms with Crippen molar-refractivity contribution in [3.05, 3.63) is 106 Å². The van der Waals surface area contributed by atoms with Crippen molar-refractivity contribution in [1.29, 1.82) is 5.26 Å². The molecule has 6 nitrogen and oxygen atoms in total. The number of rotatable bonds is 3. The first kappa shape index (κ1) is 22.4. The van der Waals surface area contributed by atoms with Crippen LogP contribution in [0.15, 0.2) is 88.9 Å². The van der Waals surface area contributed by atoms with Gasteiger partial charge in [-0.3, -0.25) is 0 Å². The fourth-order valence-corrected chi connectivity index (χ4v) is 5.78. The van der Waals surface area contributed by atoms with Gasteiger partial charge in [0.05, 0.1) is 35.8 Å². The minimum absolute atomic E-state index is 0.343. The maximum absolute atomic E-state index is 13.9. The predicted molar refractivity (Wildman–Crippen MR) is 138 cm³/mol. The lowest BCUT2D eigenvalue weighted by atomic mass is 9.72. The first-order valence-corrected chi connectivity index (χ1v) is 12.3. The molecule has 2 aliphatic heterocycles. The molecule has 0 spiro atoms. The van der Waals surface area contributed by atoms with Gasteiger partial charge in [0.1, 0.15) is 11.9 Å². The fourth-order valence-electron chi connectivity index (χ4n) is 5.51. The summed E-state index contributed by atoms with van der Waals surface area (Å²) in [6.07, 6.45) is -0.664. The molecule has 178 valence electrons. The van der Waals surface area contributed by atoms with Crippen LogP contribution in [0.25, 0.3) is 16.7 Å². The first-order valence-electron chi connectivity index (χ1n) is 11.5. The van der Waals surface area contributed by atoms with Crippen LogP contribution in [0.4, 0.5) is 0 Å². The average Bonchev–Trinajstić information content (AvgIpc) is 3.42. The molecule has 1 aromatic heterocycles. The summed E-state index contributed by atoms with van der Waals surface area (Å²) in [7, 11) is 3.25. The summed E-state index contributed by atoms with van der Waals surface area (Å²) in [6, 6.07) is 27.2. The number of aromatic nitrogens is 1. The summed E-state index contributed by atoms with van der Waals surface area (Å²) in [5, 5.41) is 11.3. The van der Waals surface area contributed by atoms with Crippen molar-refractivity contribution < 1.29 is 19.0 Å². The molecule has 7 heteroatoms. The zero-order valence-corrected chi connectivity index (χ0v) is 21.2. The standard InChI is InChI=1S/C29H21BrN2O4/c1-32-22-11-7-6-10-20(22)24-27(32)35-26(17-8-4-3-5-9-17)23-21(16-31)25(18-12-14-19(30)15-13-18)36-29(23,24)28(33)34-2/h3-15,23,26H,1-2H3/t23-,26-,29-/m1/s1. The molecule has 0 aliphatic carbocycles. The number of para-hydroxylation sites is 1. The Kier molecular flexibility index (Phi) is 5.16. The number of fused-ring (bicyclic) bond motifs is 5. The van der Waals surface area contributed by atoms with E-state index < -0.39 is 23.6 Å². The van der Waals surface area contributed by atoms with E-state index in [0.717, 1.165) is 20.9 Å². The van der Waals surface area contributed by atoms with Gasteiger partial charge in [-0.1, -0.05) is 76.6 Å². The number of ether oxygens (including phenoxy) is 3. The van der Waals surface area contributed by atoms with Gasteiger partial charge in [0, 0.05) is 22.5 Å². The Morgan fingerprint density at radius 2 is 1.75 bits per heavy atom. The topological polar surface area (TPSA) is 73.5 Å². The Hall–Kier alpha value is -4.02. The Balaban J connectivity index is 1.71. The molecule has 0 saturated heterocycles. The van der Waals surface area contributed by atoms with E-state index >= 15 is 0 Å². The van der Waals surface area contributed by atoms with Crippen LogP contribution in [0.5, 0.6) is 5.88 Å². The molecule has 3 atom stereocenters. The quantitative estimate of drug-likeness (QED) is 0.297. The van der Waals surface area contributed by atoms with Crippen LogP contribution in [0.3, 0.4) is 0 Å². The van der Waals surface area contributed by atoms with E-state index in [4.69, 9.17) is 14.2 Å². The van der Waals surface area contributed by atoms with Crippen LogP contribution in [0, 0.1) is 17.2 Å². The van der Waals surface area contributed by atoms with Crippen LogP contribution in [-0.2, 0) is 26.9 Å². The minimum Gasteiger partial charge on any atom is -0.469 e. The third-order valence-corrected chi connectivity index (χ3v) is 7.59. The van der Waals surface area contributed by atoms with E-state index in [1.54, 1.807) is 0 Å². The molecule has 0 fully saturated rings. The average molecular weight is 541 g/mol. The van der Waals surface area contributed by atoms with Crippen LogP contribution in [0.2, 0.25) is 0 Å². The van der Waals surface area contributed by atoms with Crippen molar-refractivity contribution in [2.75, 3.05) is 7.11 Å². The van der Waals surface area contributed by atoms with Gasteiger partial charge in [-0.25, -0.2) is 4.79 Å². The molecule has 0 bridgehead atoms. The van der Waals surface area contributed by atoms with Crippen LogP contribution >= 0.6 is 15.9 Å². The summed E-state index contributed by atoms with van der Waals surface area (Å²) in [6.45, 7) is 0. The molecule has 0 unspecified atom stereocenters. The third kappa shape index (κ3) is 2.98. The molecule has 3 heterocycles. The lowest BCUT2D eigenvalue weighted by molar-refractivity contribution is -0.171. The van der Waals surface area contributed by atoms with Crippen molar-refractivity contribution in [2.24, 2.45) is 13.0 Å².